The molecule has 2 N–H and O–H groups in total. The number of hydrogen-bond acceptors (Lipinski definition) is 4. The predicted octanol–water partition coefficient (Wildman–Crippen LogP) is 1.27. The van der Waals surface area contributed by atoms with Crippen molar-refractivity contribution in [3.05, 3.63) is 66.0 Å². The number of hydrogen-bond donors (Lipinski definition) is 2. The van der Waals surface area contributed by atoms with Gasteiger partial charge in [0.25, 0.3) is 5.91 Å². The molecule has 2 rings (SSSR count). The van der Waals surface area contributed by atoms with E-state index in [1.165, 1.54) is 6.21 Å². The highest BCUT2D eigenvalue weighted by Crippen LogP contribution is 2.11. The van der Waals surface area contributed by atoms with Crippen LogP contribution < -0.4 is 5.43 Å². The third-order valence-corrected chi connectivity index (χ3v) is 2.42. The first kappa shape index (κ1) is 12.9. The second-order valence-corrected chi connectivity index (χ2v) is 3.80. The molecule has 0 saturated carbocycles. The maximum Gasteiger partial charge on any atom is 0.273 e. The standard InChI is InChI=1S/C14H13N3O2/c18-13(11-6-2-1-3-7-11)14(19)17-16-10-12-8-4-5-9-15-12/h1-10,13,18H,(H,17,19). The van der Waals surface area contributed by atoms with Gasteiger partial charge in [0.05, 0.1) is 11.9 Å². The molecular formula is C14H13N3O2. The van der Waals surface area contributed by atoms with E-state index in [9.17, 15) is 9.90 Å². The molecule has 0 saturated heterocycles. The minimum atomic E-state index is -1.23. The summed E-state index contributed by atoms with van der Waals surface area (Å²) in [5.74, 6) is -0.585. The smallest absolute Gasteiger partial charge is 0.273 e. The van der Waals surface area contributed by atoms with Gasteiger partial charge in [-0.1, -0.05) is 36.4 Å². The van der Waals surface area contributed by atoms with Gasteiger partial charge in [-0.15, -0.1) is 0 Å². The topological polar surface area (TPSA) is 74.6 Å². The Labute approximate surface area is 110 Å². The van der Waals surface area contributed by atoms with E-state index in [0.717, 1.165) is 0 Å². The van der Waals surface area contributed by atoms with E-state index in [2.05, 4.69) is 15.5 Å². The summed E-state index contributed by atoms with van der Waals surface area (Å²) < 4.78 is 0. The first-order chi connectivity index (χ1) is 9.27. The minimum absolute atomic E-state index is 0.521. The van der Waals surface area contributed by atoms with Crippen LogP contribution >= 0.6 is 0 Å². The SMILES string of the molecule is O=C(NN=Cc1ccccn1)C(O)c1ccccc1. The molecule has 19 heavy (non-hydrogen) atoms. The highest BCUT2D eigenvalue weighted by atomic mass is 16.3. The Morgan fingerprint density at radius 1 is 1.21 bits per heavy atom. The Morgan fingerprint density at radius 2 is 1.95 bits per heavy atom. The van der Waals surface area contributed by atoms with Crippen molar-refractivity contribution < 1.29 is 9.90 Å². The molecule has 0 bridgehead atoms. The number of carbonyl (C=O) groups excluding carboxylic acids is 1. The zero-order valence-corrected chi connectivity index (χ0v) is 10.1. The van der Waals surface area contributed by atoms with Gasteiger partial charge in [0.2, 0.25) is 0 Å². The van der Waals surface area contributed by atoms with Gasteiger partial charge in [0.1, 0.15) is 0 Å². The summed E-state index contributed by atoms with van der Waals surface area (Å²) in [6.07, 6.45) is 1.81. The molecule has 1 aromatic heterocycles. The van der Waals surface area contributed by atoms with Gasteiger partial charge in [-0.2, -0.15) is 5.10 Å². The Balaban J connectivity index is 1.93. The predicted molar refractivity (Wildman–Crippen MR) is 71.4 cm³/mol. The fourth-order valence-corrected chi connectivity index (χ4v) is 1.46. The molecule has 1 amide bonds. The van der Waals surface area contributed by atoms with Crippen LogP contribution in [0.2, 0.25) is 0 Å². The highest BCUT2D eigenvalue weighted by Gasteiger charge is 2.15. The summed E-state index contributed by atoms with van der Waals surface area (Å²) in [7, 11) is 0. The van der Waals surface area contributed by atoms with Crippen LogP contribution in [0.25, 0.3) is 0 Å². The zero-order chi connectivity index (χ0) is 13.5. The van der Waals surface area contributed by atoms with E-state index in [-0.39, 0.29) is 0 Å². The van der Waals surface area contributed by atoms with Gasteiger partial charge in [0.15, 0.2) is 6.10 Å². The van der Waals surface area contributed by atoms with E-state index in [1.54, 1.807) is 42.6 Å². The molecule has 5 nitrogen and oxygen atoms in total. The molecule has 0 fully saturated rings. The van der Waals surface area contributed by atoms with Gasteiger partial charge < -0.3 is 5.11 Å². The van der Waals surface area contributed by atoms with Crippen LogP contribution in [0.3, 0.4) is 0 Å². The molecule has 0 radical (unpaired) electrons. The molecule has 96 valence electrons. The normalized spacial score (nSPS) is 12.3. The monoisotopic (exact) mass is 255 g/mol. The van der Waals surface area contributed by atoms with Crippen molar-refractivity contribution in [2.24, 2.45) is 5.10 Å². The van der Waals surface area contributed by atoms with Crippen LogP contribution in [0.15, 0.2) is 59.8 Å². The van der Waals surface area contributed by atoms with Gasteiger partial charge in [0, 0.05) is 6.20 Å². The number of pyridine rings is 1. The van der Waals surface area contributed by atoms with Crippen molar-refractivity contribution >= 4 is 12.1 Å². The van der Waals surface area contributed by atoms with E-state index < -0.39 is 12.0 Å². The van der Waals surface area contributed by atoms with Crippen LogP contribution in [0, 0.1) is 0 Å². The van der Waals surface area contributed by atoms with Crippen molar-refractivity contribution in [1.82, 2.24) is 10.4 Å². The molecular weight excluding hydrogens is 242 g/mol. The third kappa shape index (κ3) is 3.72. The Morgan fingerprint density at radius 3 is 2.63 bits per heavy atom. The molecule has 1 atom stereocenters. The van der Waals surface area contributed by atoms with Crippen LogP contribution in [-0.2, 0) is 4.79 Å². The molecule has 0 aliphatic rings. The lowest BCUT2D eigenvalue weighted by Crippen LogP contribution is -2.25. The van der Waals surface area contributed by atoms with E-state index in [4.69, 9.17) is 0 Å². The fraction of sp³-hybridized carbons (Fsp3) is 0.0714. The lowest BCUT2D eigenvalue weighted by atomic mass is 10.1. The van der Waals surface area contributed by atoms with Crippen LogP contribution in [0.4, 0.5) is 0 Å². The third-order valence-electron chi connectivity index (χ3n) is 2.42. The van der Waals surface area contributed by atoms with Crippen molar-refractivity contribution in [1.29, 1.82) is 0 Å². The molecule has 0 aliphatic heterocycles. The molecule has 1 heterocycles. The number of carbonyl (C=O) groups is 1. The Kier molecular flexibility index (Phi) is 4.36. The summed E-state index contributed by atoms with van der Waals surface area (Å²) in [5.41, 5.74) is 3.41. The second-order valence-electron chi connectivity index (χ2n) is 3.80. The van der Waals surface area contributed by atoms with Crippen molar-refractivity contribution in [2.75, 3.05) is 0 Å². The van der Waals surface area contributed by atoms with E-state index >= 15 is 0 Å². The molecule has 5 heteroatoms. The molecule has 1 aromatic carbocycles. The number of hydrazone groups is 1. The maximum atomic E-state index is 11.6. The Hall–Kier alpha value is -2.53. The fourth-order valence-electron chi connectivity index (χ4n) is 1.46. The number of aromatic nitrogens is 1. The van der Waals surface area contributed by atoms with Gasteiger partial charge in [-0.05, 0) is 17.7 Å². The zero-order valence-electron chi connectivity index (χ0n) is 10.1. The van der Waals surface area contributed by atoms with Gasteiger partial charge in [-0.3, -0.25) is 9.78 Å². The largest absolute Gasteiger partial charge is 0.378 e. The van der Waals surface area contributed by atoms with Crippen LogP contribution in [-0.4, -0.2) is 22.2 Å². The molecule has 0 aliphatic carbocycles. The van der Waals surface area contributed by atoms with Crippen molar-refractivity contribution in [3.63, 3.8) is 0 Å². The number of benzene rings is 1. The number of rotatable bonds is 4. The van der Waals surface area contributed by atoms with Gasteiger partial charge in [-0.25, -0.2) is 5.43 Å². The van der Waals surface area contributed by atoms with Crippen LogP contribution in [0.1, 0.15) is 17.4 Å². The summed E-state index contributed by atoms with van der Waals surface area (Å²) >= 11 is 0. The van der Waals surface area contributed by atoms with Crippen molar-refractivity contribution in [2.45, 2.75) is 6.10 Å². The average molecular weight is 255 g/mol. The number of nitrogens with one attached hydrogen (secondary N) is 1. The van der Waals surface area contributed by atoms with Crippen LogP contribution in [0.5, 0.6) is 0 Å². The van der Waals surface area contributed by atoms with Gasteiger partial charge >= 0.3 is 0 Å². The number of aliphatic hydroxyl groups excluding tert-OH is 1. The summed E-state index contributed by atoms with van der Waals surface area (Å²) in [5, 5.41) is 13.5. The first-order valence-corrected chi connectivity index (χ1v) is 5.74. The van der Waals surface area contributed by atoms with E-state index in [1.807, 2.05) is 12.1 Å². The number of nitrogens with zero attached hydrogens (tertiary/aromatic N) is 2. The molecule has 2 aromatic rings. The molecule has 0 spiro atoms. The number of amides is 1. The summed E-state index contributed by atoms with van der Waals surface area (Å²) in [6, 6.07) is 14.0. The average Bonchev–Trinajstić information content (AvgIpc) is 2.48. The lowest BCUT2D eigenvalue weighted by molar-refractivity contribution is -0.129. The lowest BCUT2D eigenvalue weighted by Gasteiger charge is -2.08. The number of aliphatic hydroxyl groups is 1. The summed E-state index contributed by atoms with van der Waals surface area (Å²) in [6.45, 7) is 0. The first-order valence-electron chi connectivity index (χ1n) is 5.74. The molecule has 1 unspecified atom stereocenters. The Bertz CT molecular complexity index is 555. The van der Waals surface area contributed by atoms with Crippen molar-refractivity contribution in [3.8, 4) is 0 Å². The maximum absolute atomic E-state index is 11.6. The minimum Gasteiger partial charge on any atom is -0.378 e. The quantitative estimate of drug-likeness (QED) is 0.638. The van der Waals surface area contributed by atoms with E-state index in [0.29, 0.717) is 11.3 Å². The highest BCUT2D eigenvalue weighted by molar-refractivity contribution is 5.84. The second kappa shape index (κ2) is 6.42. The summed E-state index contributed by atoms with van der Waals surface area (Å²) in [4.78, 5) is 15.7.